The van der Waals surface area contributed by atoms with E-state index in [2.05, 4.69) is 9.89 Å². The van der Waals surface area contributed by atoms with Gasteiger partial charge in [-0.2, -0.15) is 0 Å². The van der Waals surface area contributed by atoms with Crippen molar-refractivity contribution >= 4 is 41.0 Å². The molecule has 2 aromatic heterocycles. The number of furan rings is 1. The first-order chi connectivity index (χ1) is 17.5. The van der Waals surface area contributed by atoms with Gasteiger partial charge in [-0.05, 0) is 43.9 Å². The third kappa shape index (κ3) is 4.68. The monoisotopic (exact) mass is 525 g/mol. The number of rotatable bonds is 6. The Morgan fingerprint density at radius 1 is 1.22 bits per heavy atom. The van der Waals surface area contributed by atoms with Crippen molar-refractivity contribution < 1.29 is 18.7 Å². The molecule has 1 fully saturated rings. The van der Waals surface area contributed by atoms with Crippen LogP contribution in [0.15, 0.2) is 66.8 Å². The number of aromatic nitrogens is 1. The zero-order valence-corrected chi connectivity index (χ0v) is 22.0. The molecule has 2 aliphatic heterocycles. The number of morpholine rings is 1. The Bertz CT molecular complexity index is 1480. The van der Waals surface area contributed by atoms with Crippen molar-refractivity contribution in [2.45, 2.75) is 24.8 Å². The maximum absolute atomic E-state index is 13.7. The van der Waals surface area contributed by atoms with Crippen LogP contribution in [-0.4, -0.2) is 49.7 Å². The Kier molecular flexibility index (Phi) is 7.17. The van der Waals surface area contributed by atoms with Crippen LogP contribution in [0.3, 0.4) is 0 Å². The van der Waals surface area contributed by atoms with Gasteiger partial charge >= 0.3 is 5.97 Å². The number of carbonyl (C=O) groups is 1. The molecule has 36 heavy (non-hydrogen) atoms. The lowest BCUT2D eigenvalue weighted by molar-refractivity contribution is -0.139. The number of anilines is 1. The second-order valence-corrected chi connectivity index (χ2v) is 10.2. The summed E-state index contributed by atoms with van der Waals surface area (Å²) in [6, 6.07) is 11.0. The molecule has 0 saturated carbocycles. The van der Waals surface area contributed by atoms with Gasteiger partial charge in [0, 0.05) is 30.1 Å². The van der Waals surface area contributed by atoms with Crippen molar-refractivity contribution in [1.82, 2.24) is 4.57 Å². The summed E-state index contributed by atoms with van der Waals surface area (Å²) in [5.74, 6) is 0.877. The number of fused-ring (bicyclic) bond motifs is 1. The summed E-state index contributed by atoms with van der Waals surface area (Å²) in [6.45, 7) is 6.64. The maximum Gasteiger partial charge on any atom is 0.338 e. The summed E-state index contributed by atoms with van der Waals surface area (Å²) >= 11 is 2.91. The van der Waals surface area contributed by atoms with Crippen LogP contribution in [0.25, 0.3) is 6.08 Å². The predicted molar refractivity (Wildman–Crippen MR) is 140 cm³/mol. The molecule has 0 bridgehead atoms. The van der Waals surface area contributed by atoms with Crippen molar-refractivity contribution in [3.63, 3.8) is 0 Å². The highest BCUT2D eigenvalue weighted by Gasteiger charge is 2.33. The van der Waals surface area contributed by atoms with Gasteiger partial charge < -0.3 is 18.8 Å². The highest BCUT2D eigenvalue weighted by atomic mass is 32.2. The van der Waals surface area contributed by atoms with Gasteiger partial charge in [0.05, 0.1) is 41.7 Å². The van der Waals surface area contributed by atoms with E-state index in [4.69, 9.17) is 13.9 Å². The Balaban J connectivity index is 1.60. The average Bonchev–Trinajstić information content (AvgIpc) is 3.48. The molecule has 0 aliphatic carbocycles. The minimum Gasteiger partial charge on any atom is -0.463 e. The molecule has 1 saturated heterocycles. The van der Waals surface area contributed by atoms with E-state index in [1.807, 2.05) is 42.7 Å². The summed E-state index contributed by atoms with van der Waals surface area (Å²) < 4.78 is 18.9. The van der Waals surface area contributed by atoms with Crippen LogP contribution in [-0.2, 0) is 14.3 Å². The number of hydrogen-bond donors (Lipinski definition) is 0. The summed E-state index contributed by atoms with van der Waals surface area (Å²) in [7, 11) is 0. The van der Waals surface area contributed by atoms with Gasteiger partial charge in [-0.1, -0.05) is 23.5 Å². The van der Waals surface area contributed by atoms with Crippen LogP contribution in [0.2, 0.25) is 0 Å². The lowest BCUT2D eigenvalue weighted by Crippen LogP contribution is -2.39. The standard InChI is InChI=1S/C26H27N3O5S2/c1-4-33-25(31)22-16(2)27-26-29(23(22)17-5-8-19(35-3)9-6-17)24(30)20(36-26)15-18-7-10-21(34-18)28-11-13-32-14-12-28/h5-10,15,23H,4,11-14H2,1-3H3/b20-15-/t23-/m1/s1. The minimum absolute atomic E-state index is 0.226. The van der Waals surface area contributed by atoms with Crippen LogP contribution in [0, 0.1) is 0 Å². The number of hydrogen-bond acceptors (Lipinski definition) is 9. The highest BCUT2D eigenvalue weighted by Crippen LogP contribution is 2.31. The Morgan fingerprint density at radius 2 is 1.97 bits per heavy atom. The molecular weight excluding hydrogens is 498 g/mol. The molecule has 0 unspecified atom stereocenters. The fourth-order valence-electron chi connectivity index (χ4n) is 4.40. The van der Waals surface area contributed by atoms with Crippen molar-refractivity contribution in [2.24, 2.45) is 4.99 Å². The first-order valence-electron chi connectivity index (χ1n) is 11.8. The number of nitrogens with zero attached hydrogens (tertiary/aromatic N) is 3. The van der Waals surface area contributed by atoms with Crippen LogP contribution >= 0.6 is 23.1 Å². The first kappa shape index (κ1) is 24.6. The maximum atomic E-state index is 13.7. The molecule has 3 aromatic rings. The van der Waals surface area contributed by atoms with Crippen molar-refractivity contribution in [2.75, 3.05) is 44.1 Å². The zero-order valence-electron chi connectivity index (χ0n) is 20.4. The van der Waals surface area contributed by atoms with Crippen LogP contribution in [0.5, 0.6) is 0 Å². The average molecular weight is 526 g/mol. The fraction of sp³-hybridized carbons (Fsp3) is 0.346. The van der Waals surface area contributed by atoms with E-state index >= 15 is 0 Å². The lowest BCUT2D eigenvalue weighted by atomic mass is 9.96. The predicted octanol–water partition coefficient (Wildman–Crippen LogP) is 2.95. The van der Waals surface area contributed by atoms with E-state index in [-0.39, 0.29) is 12.2 Å². The molecule has 5 rings (SSSR count). The van der Waals surface area contributed by atoms with Crippen molar-refractivity contribution in [1.29, 1.82) is 0 Å². The zero-order chi connectivity index (χ0) is 25.2. The normalized spacial score (nSPS) is 18.2. The number of ether oxygens (including phenoxy) is 2. The highest BCUT2D eigenvalue weighted by molar-refractivity contribution is 7.98. The van der Waals surface area contributed by atoms with Crippen molar-refractivity contribution in [3.05, 3.63) is 78.7 Å². The molecule has 1 aromatic carbocycles. The van der Waals surface area contributed by atoms with E-state index in [1.165, 1.54) is 11.3 Å². The third-order valence-electron chi connectivity index (χ3n) is 6.16. The van der Waals surface area contributed by atoms with Gasteiger partial charge in [0.1, 0.15) is 5.76 Å². The largest absolute Gasteiger partial charge is 0.463 e. The molecule has 10 heteroatoms. The number of benzene rings is 1. The van der Waals surface area contributed by atoms with Crippen LogP contribution in [0.1, 0.15) is 31.2 Å². The summed E-state index contributed by atoms with van der Waals surface area (Å²) in [5, 5.41) is 0. The number of carbonyl (C=O) groups excluding carboxylic acids is 1. The molecule has 1 atom stereocenters. The van der Waals surface area contributed by atoms with Crippen LogP contribution in [0.4, 0.5) is 5.88 Å². The van der Waals surface area contributed by atoms with E-state index in [9.17, 15) is 9.59 Å². The van der Waals surface area contributed by atoms with Gasteiger partial charge in [-0.3, -0.25) is 9.36 Å². The van der Waals surface area contributed by atoms with E-state index < -0.39 is 12.0 Å². The Morgan fingerprint density at radius 3 is 2.67 bits per heavy atom. The third-order valence-corrected chi connectivity index (χ3v) is 7.88. The van der Waals surface area contributed by atoms with Crippen LogP contribution < -0.4 is 19.8 Å². The SMILES string of the molecule is CCOC(=O)C1=C(C)N=c2s/c(=C\c3ccc(N4CCOCC4)o3)c(=O)n2[C@@H]1c1ccc(SC)cc1. The molecule has 4 heterocycles. The van der Waals surface area contributed by atoms with E-state index in [0.29, 0.717) is 39.6 Å². The Hall–Kier alpha value is -3.08. The van der Waals surface area contributed by atoms with E-state index in [1.54, 1.807) is 36.3 Å². The van der Waals surface area contributed by atoms with Crippen molar-refractivity contribution in [3.8, 4) is 0 Å². The molecule has 8 nitrogen and oxygen atoms in total. The number of esters is 1. The molecule has 188 valence electrons. The fourth-order valence-corrected chi connectivity index (χ4v) is 5.83. The Labute approximate surface area is 216 Å². The quantitative estimate of drug-likeness (QED) is 0.361. The molecular formula is C26H27N3O5S2. The number of thioether (sulfide) groups is 1. The second kappa shape index (κ2) is 10.5. The summed E-state index contributed by atoms with van der Waals surface area (Å²) in [4.78, 5) is 35.1. The van der Waals surface area contributed by atoms with Gasteiger partial charge in [0.25, 0.3) is 5.56 Å². The number of thiazole rings is 1. The van der Waals surface area contributed by atoms with Gasteiger partial charge in [-0.25, -0.2) is 9.79 Å². The number of allylic oxidation sites excluding steroid dienone is 1. The van der Waals surface area contributed by atoms with Gasteiger partial charge in [0.2, 0.25) is 0 Å². The van der Waals surface area contributed by atoms with Gasteiger partial charge in [-0.15, -0.1) is 11.8 Å². The summed E-state index contributed by atoms with van der Waals surface area (Å²) in [6.07, 6.45) is 3.75. The topological polar surface area (TPSA) is 86.3 Å². The lowest BCUT2D eigenvalue weighted by Gasteiger charge is -2.26. The summed E-state index contributed by atoms with van der Waals surface area (Å²) in [5.41, 5.74) is 1.52. The second-order valence-electron chi connectivity index (χ2n) is 8.35. The molecule has 0 spiro atoms. The smallest absolute Gasteiger partial charge is 0.338 e. The molecule has 0 radical (unpaired) electrons. The van der Waals surface area contributed by atoms with Gasteiger partial charge in [0.15, 0.2) is 10.7 Å². The first-order valence-corrected chi connectivity index (χ1v) is 13.8. The molecule has 2 aliphatic rings. The minimum atomic E-state index is -0.626. The molecule has 0 amide bonds. The van der Waals surface area contributed by atoms with E-state index in [0.717, 1.165) is 29.4 Å². The molecule has 0 N–H and O–H groups in total.